The number of hydrogen-bond acceptors (Lipinski definition) is 5. The molecule has 6 nitrogen and oxygen atoms in total. The molecule has 0 heterocycles. The maximum Gasteiger partial charge on any atom is 0.419 e. The van der Waals surface area contributed by atoms with Crippen molar-refractivity contribution in [1.29, 1.82) is 0 Å². The van der Waals surface area contributed by atoms with E-state index in [4.69, 9.17) is 9.47 Å². The van der Waals surface area contributed by atoms with E-state index in [2.05, 4.69) is 0 Å². The third kappa shape index (κ3) is 9.92. The SMILES string of the molecule is CC(C)(CC=O)CCN(C(=O)OC(C)(C)C)C(=O)OC(C)(C)C. The maximum absolute atomic E-state index is 12.3. The lowest BCUT2D eigenvalue weighted by Crippen LogP contribution is -2.44. The second kappa shape index (κ2) is 7.79. The molecular weight excluding hydrogens is 298 g/mol. The third-order valence-electron chi connectivity index (χ3n) is 2.88. The average molecular weight is 329 g/mol. The highest BCUT2D eigenvalue weighted by molar-refractivity contribution is 5.88. The Labute approximate surface area is 139 Å². The summed E-state index contributed by atoms with van der Waals surface area (Å²) in [4.78, 5) is 36.3. The molecule has 0 aliphatic heterocycles. The van der Waals surface area contributed by atoms with Gasteiger partial charge >= 0.3 is 12.2 Å². The van der Waals surface area contributed by atoms with Crippen LogP contribution in [0.3, 0.4) is 0 Å². The Morgan fingerprint density at radius 3 is 1.57 bits per heavy atom. The minimum atomic E-state index is -0.742. The van der Waals surface area contributed by atoms with Crippen LogP contribution in [0.25, 0.3) is 0 Å². The molecule has 6 heteroatoms. The van der Waals surface area contributed by atoms with Crippen molar-refractivity contribution in [2.75, 3.05) is 6.54 Å². The second-order valence-electron chi connectivity index (χ2n) is 8.40. The summed E-state index contributed by atoms with van der Waals surface area (Å²) < 4.78 is 10.6. The Morgan fingerprint density at radius 1 is 0.870 bits per heavy atom. The lowest BCUT2D eigenvalue weighted by atomic mass is 9.86. The summed E-state index contributed by atoms with van der Waals surface area (Å²) in [5.41, 5.74) is -1.74. The Morgan fingerprint density at radius 2 is 1.26 bits per heavy atom. The van der Waals surface area contributed by atoms with Crippen molar-refractivity contribution in [3.8, 4) is 0 Å². The van der Waals surface area contributed by atoms with Crippen LogP contribution in [0.2, 0.25) is 0 Å². The fourth-order valence-electron chi connectivity index (χ4n) is 1.63. The van der Waals surface area contributed by atoms with Crippen LogP contribution in [0.5, 0.6) is 0 Å². The molecule has 0 aromatic rings. The molecule has 23 heavy (non-hydrogen) atoms. The van der Waals surface area contributed by atoms with Crippen molar-refractivity contribution in [3.63, 3.8) is 0 Å². The van der Waals surface area contributed by atoms with Crippen molar-refractivity contribution in [2.45, 2.75) is 79.4 Å². The van der Waals surface area contributed by atoms with Gasteiger partial charge in [-0.2, -0.15) is 0 Å². The van der Waals surface area contributed by atoms with Gasteiger partial charge in [0.15, 0.2) is 0 Å². The second-order valence-corrected chi connectivity index (χ2v) is 8.40. The van der Waals surface area contributed by atoms with Crippen molar-refractivity contribution in [2.24, 2.45) is 5.41 Å². The Kier molecular flexibility index (Phi) is 7.26. The summed E-state index contributed by atoms with van der Waals surface area (Å²) in [6, 6.07) is 0. The Hall–Kier alpha value is -1.59. The summed E-state index contributed by atoms with van der Waals surface area (Å²) in [7, 11) is 0. The molecule has 0 spiro atoms. The molecule has 0 bridgehead atoms. The lowest BCUT2D eigenvalue weighted by molar-refractivity contribution is -0.109. The number of nitrogens with zero attached hydrogens (tertiary/aromatic N) is 1. The summed E-state index contributed by atoms with van der Waals surface area (Å²) in [6.45, 7) is 14.3. The first-order valence-corrected chi connectivity index (χ1v) is 7.84. The highest BCUT2D eigenvalue weighted by Gasteiger charge is 2.32. The number of rotatable bonds is 5. The Bertz CT molecular complexity index is 401. The van der Waals surface area contributed by atoms with Gasteiger partial charge in [0.05, 0.1) is 0 Å². The fourth-order valence-corrected chi connectivity index (χ4v) is 1.63. The van der Waals surface area contributed by atoms with Crippen LogP contribution in [0.1, 0.15) is 68.2 Å². The molecule has 0 N–H and O–H groups in total. The van der Waals surface area contributed by atoms with Crippen LogP contribution in [-0.2, 0) is 14.3 Å². The summed E-state index contributed by atoms with van der Waals surface area (Å²) in [6.07, 6.45) is 0.182. The van der Waals surface area contributed by atoms with E-state index in [0.717, 1.165) is 11.2 Å². The first-order chi connectivity index (χ1) is 10.2. The van der Waals surface area contributed by atoms with E-state index in [1.54, 1.807) is 41.5 Å². The summed E-state index contributed by atoms with van der Waals surface area (Å²) in [5.74, 6) is 0. The van der Waals surface area contributed by atoms with Crippen LogP contribution < -0.4 is 0 Å². The molecule has 0 atom stereocenters. The van der Waals surface area contributed by atoms with Gasteiger partial charge in [-0.1, -0.05) is 13.8 Å². The number of hydrogen-bond donors (Lipinski definition) is 0. The van der Waals surface area contributed by atoms with Gasteiger partial charge in [-0.05, 0) is 53.4 Å². The zero-order valence-electron chi connectivity index (χ0n) is 15.7. The van der Waals surface area contributed by atoms with Gasteiger partial charge < -0.3 is 14.3 Å². The molecule has 0 unspecified atom stereocenters. The lowest BCUT2D eigenvalue weighted by Gasteiger charge is -2.30. The predicted molar refractivity (Wildman–Crippen MR) is 88.3 cm³/mol. The zero-order chi connectivity index (χ0) is 18.5. The van der Waals surface area contributed by atoms with E-state index in [0.29, 0.717) is 12.8 Å². The van der Waals surface area contributed by atoms with E-state index in [-0.39, 0.29) is 12.0 Å². The zero-order valence-corrected chi connectivity index (χ0v) is 15.7. The van der Waals surface area contributed by atoms with E-state index in [1.807, 2.05) is 13.8 Å². The molecule has 2 amide bonds. The first kappa shape index (κ1) is 21.4. The molecule has 0 saturated carbocycles. The fraction of sp³-hybridized carbons (Fsp3) is 0.824. The standard InChI is InChI=1S/C17H31NO5/c1-15(2,3)22-13(20)18(14(21)23-16(4,5)6)11-9-17(7,8)10-12-19/h12H,9-11H2,1-8H3. The molecule has 0 aromatic heterocycles. The van der Waals surface area contributed by atoms with Gasteiger partial charge in [-0.25, -0.2) is 14.5 Å². The van der Waals surface area contributed by atoms with E-state index < -0.39 is 23.4 Å². The Balaban J connectivity index is 5.11. The number of imide groups is 1. The third-order valence-corrected chi connectivity index (χ3v) is 2.88. The van der Waals surface area contributed by atoms with Crippen LogP contribution in [0.4, 0.5) is 9.59 Å². The van der Waals surface area contributed by atoms with Crippen LogP contribution >= 0.6 is 0 Å². The molecule has 0 rings (SSSR count). The molecule has 0 aliphatic rings. The topological polar surface area (TPSA) is 72.9 Å². The molecule has 134 valence electrons. The molecule has 0 aromatic carbocycles. The van der Waals surface area contributed by atoms with E-state index in [1.165, 1.54) is 0 Å². The van der Waals surface area contributed by atoms with Gasteiger partial charge in [0.1, 0.15) is 17.5 Å². The van der Waals surface area contributed by atoms with Crippen molar-refractivity contribution in [1.82, 2.24) is 4.90 Å². The van der Waals surface area contributed by atoms with Crippen LogP contribution in [0, 0.1) is 5.41 Å². The van der Waals surface area contributed by atoms with Gasteiger partial charge in [-0.3, -0.25) is 0 Å². The number of ether oxygens (including phenoxy) is 2. The molecule has 0 fully saturated rings. The van der Waals surface area contributed by atoms with Crippen LogP contribution in [-0.4, -0.2) is 41.1 Å². The normalized spacial score (nSPS) is 12.5. The molecule has 0 radical (unpaired) electrons. The number of amides is 2. The predicted octanol–water partition coefficient (Wildman–Crippen LogP) is 4.16. The summed E-state index contributed by atoms with van der Waals surface area (Å²) in [5, 5.41) is 0. The molecule has 0 aliphatic carbocycles. The van der Waals surface area contributed by atoms with Gasteiger partial charge in [0.25, 0.3) is 0 Å². The van der Waals surface area contributed by atoms with Gasteiger partial charge in [0, 0.05) is 13.0 Å². The average Bonchev–Trinajstić information content (AvgIpc) is 2.23. The monoisotopic (exact) mass is 329 g/mol. The van der Waals surface area contributed by atoms with Crippen molar-refractivity contribution in [3.05, 3.63) is 0 Å². The minimum Gasteiger partial charge on any atom is -0.443 e. The highest BCUT2D eigenvalue weighted by atomic mass is 16.6. The van der Waals surface area contributed by atoms with Crippen molar-refractivity contribution < 1.29 is 23.9 Å². The van der Waals surface area contributed by atoms with Gasteiger partial charge in [-0.15, -0.1) is 0 Å². The van der Waals surface area contributed by atoms with Gasteiger partial charge in [0.2, 0.25) is 0 Å². The maximum atomic E-state index is 12.3. The summed E-state index contributed by atoms with van der Waals surface area (Å²) >= 11 is 0. The number of carbonyl (C=O) groups is 3. The number of aldehydes is 1. The largest absolute Gasteiger partial charge is 0.443 e. The number of carbonyl (C=O) groups excluding carboxylic acids is 3. The van der Waals surface area contributed by atoms with E-state index >= 15 is 0 Å². The van der Waals surface area contributed by atoms with E-state index in [9.17, 15) is 14.4 Å². The first-order valence-electron chi connectivity index (χ1n) is 7.84. The smallest absolute Gasteiger partial charge is 0.419 e. The van der Waals surface area contributed by atoms with Crippen LogP contribution in [0.15, 0.2) is 0 Å². The highest BCUT2D eigenvalue weighted by Crippen LogP contribution is 2.25. The van der Waals surface area contributed by atoms with Crippen molar-refractivity contribution >= 4 is 18.5 Å². The molecular formula is C17H31NO5. The minimum absolute atomic E-state index is 0.130. The molecule has 0 saturated heterocycles. The quantitative estimate of drug-likeness (QED) is 0.708.